The first-order chi connectivity index (χ1) is 9.79. The Bertz CT molecular complexity index is 660. The molecule has 1 aromatic rings. The summed E-state index contributed by atoms with van der Waals surface area (Å²) in [5.41, 5.74) is 0.181. The quantitative estimate of drug-likeness (QED) is 0.803. The molecule has 1 fully saturated rings. The lowest BCUT2D eigenvalue weighted by atomic mass is 9.83. The zero-order chi connectivity index (χ0) is 15.6. The Morgan fingerprint density at radius 1 is 1.43 bits per heavy atom. The molecule has 0 aromatic heterocycles. The SMILES string of the molecule is NS(=O)(=O)c1cc(C(=O)NCCC2CCC2)cc(Cl)c1Br. The molecular formula is C13H16BrClN2O3S. The van der Waals surface area contributed by atoms with E-state index in [2.05, 4.69) is 21.2 Å². The predicted octanol–water partition coefficient (Wildman–Crippen LogP) is 2.67. The molecule has 0 atom stereocenters. The average molecular weight is 396 g/mol. The normalized spacial score (nSPS) is 15.6. The van der Waals surface area contributed by atoms with Crippen LogP contribution in [0.15, 0.2) is 21.5 Å². The lowest BCUT2D eigenvalue weighted by Gasteiger charge is -2.25. The van der Waals surface area contributed by atoms with Crippen molar-refractivity contribution in [2.75, 3.05) is 6.54 Å². The first-order valence-electron chi connectivity index (χ1n) is 6.59. The molecule has 1 aromatic carbocycles. The first kappa shape index (κ1) is 16.7. The summed E-state index contributed by atoms with van der Waals surface area (Å²) < 4.78 is 23.1. The number of sulfonamides is 1. The molecule has 2 rings (SSSR count). The van der Waals surface area contributed by atoms with Gasteiger partial charge in [0, 0.05) is 12.1 Å². The number of rotatable bonds is 5. The van der Waals surface area contributed by atoms with Crippen LogP contribution in [-0.4, -0.2) is 20.9 Å². The molecule has 0 aliphatic heterocycles. The summed E-state index contributed by atoms with van der Waals surface area (Å²) >= 11 is 9.00. The summed E-state index contributed by atoms with van der Waals surface area (Å²) in [6.07, 6.45) is 4.64. The second-order valence-corrected chi connectivity index (χ2v) is 7.89. The number of amides is 1. The molecule has 1 aliphatic rings. The Balaban J connectivity index is 2.11. The van der Waals surface area contributed by atoms with Crippen molar-refractivity contribution in [2.24, 2.45) is 11.1 Å². The zero-order valence-corrected chi connectivity index (χ0v) is 14.4. The fourth-order valence-corrected chi connectivity index (χ4v) is 4.01. The third-order valence-corrected chi connectivity index (χ3v) is 6.20. The molecular weight excluding hydrogens is 380 g/mol. The van der Waals surface area contributed by atoms with Crippen molar-refractivity contribution < 1.29 is 13.2 Å². The highest BCUT2D eigenvalue weighted by atomic mass is 79.9. The van der Waals surface area contributed by atoms with Gasteiger partial charge in [-0.3, -0.25) is 4.79 Å². The van der Waals surface area contributed by atoms with Crippen LogP contribution in [0, 0.1) is 5.92 Å². The number of nitrogens with two attached hydrogens (primary N) is 1. The van der Waals surface area contributed by atoms with Gasteiger partial charge in [0.1, 0.15) is 0 Å². The van der Waals surface area contributed by atoms with E-state index in [0.717, 1.165) is 6.42 Å². The molecule has 0 heterocycles. The molecule has 1 saturated carbocycles. The highest BCUT2D eigenvalue weighted by Gasteiger charge is 2.20. The minimum absolute atomic E-state index is 0.130. The Kier molecular flexibility index (Phi) is 5.29. The largest absolute Gasteiger partial charge is 0.352 e. The molecule has 8 heteroatoms. The van der Waals surface area contributed by atoms with E-state index in [1.807, 2.05) is 0 Å². The van der Waals surface area contributed by atoms with E-state index in [1.165, 1.54) is 31.4 Å². The molecule has 21 heavy (non-hydrogen) atoms. The lowest BCUT2D eigenvalue weighted by Crippen LogP contribution is -2.27. The van der Waals surface area contributed by atoms with Crippen molar-refractivity contribution in [1.29, 1.82) is 0 Å². The maximum absolute atomic E-state index is 12.1. The van der Waals surface area contributed by atoms with E-state index in [-0.39, 0.29) is 25.9 Å². The molecule has 3 N–H and O–H groups in total. The highest BCUT2D eigenvalue weighted by molar-refractivity contribution is 9.10. The number of hydrogen-bond acceptors (Lipinski definition) is 3. The maximum Gasteiger partial charge on any atom is 0.251 e. The third kappa shape index (κ3) is 4.18. The van der Waals surface area contributed by atoms with Crippen molar-refractivity contribution >= 4 is 43.5 Å². The van der Waals surface area contributed by atoms with E-state index in [1.54, 1.807) is 0 Å². The minimum atomic E-state index is -3.95. The van der Waals surface area contributed by atoms with Crippen molar-refractivity contribution in [1.82, 2.24) is 5.32 Å². The summed E-state index contributed by atoms with van der Waals surface area (Å²) in [5, 5.41) is 8.02. The van der Waals surface area contributed by atoms with Crippen LogP contribution in [-0.2, 0) is 10.0 Å². The van der Waals surface area contributed by atoms with Crippen molar-refractivity contribution in [3.63, 3.8) is 0 Å². The van der Waals surface area contributed by atoms with Crippen LogP contribution in [0.3, 0.4) is 0 Å². The van der Waals surface area contributed by atoms with Crippen molar-refractivity contribution in [2.45, 2.75) is 30.6 Å². The van der Waals surface area contributed by atoms with Gasteiger partial charge in [-0.2, -0.15) is 0 Å². The molecule has 0 saturated heterocycles. The number of benzene rings is 1. The van der Waals surface area contributed by atoms with Gasteiger partial charge in [0.05, 0.1) is 14.4 Å². The molecule has 1 aliphatic carbocycles. The van der Waals surface area contributed by atoms with Crippen LogP contribution < -0.4 is 10.5 Å². The van der Waals surface area contributed by atoms with Crippen LogP contribution in [0.2, 0.25) is 5.02 Å². The number of nitrogens with one attached hydrogen (secondary N) is 1. The zero-order valence-electron chi connectivity index (χ0n) is 11.2. The lowest BCUT2D eigenvalue weighted by molar-refractivity contribution is 0.0948. The number of carbonyl (C=O) groups excluding carboxylic acids is 1. The molecule has 0 unspecified atom stereocenters. The second-order valence-electron chi connectivity index (χ2n) is 5.16. The fourth-order valence-electron chi connectivity index (χ4n) is 2.18. The summed E-state index contributed by atoms with van der Waals surface area (Å²) in [6.45, 7) is 0.571. The van der Waals surface area contributed by atoms with Crippen LogP contribution in [0.25, 0.3) is 0 Å². The first-order valence-corrected chi connectivity index (χ1v) is 9.31. The van der Waals surface area contributed by atoms with Crippen LogP contribution in [0.5, 0.6) is 0 Å². The minimum Gasteiger partial charge on any atom is -0.352 e. The van der Waals surface area contributed by atoms with Crippen molar-refractivity contribution in [3.8, 4) is 0 Å². The second kappa shape index (κ2) is 6.64. The van der Waals surface area contributed by atoms with Gasteiger partial charge in [0.15, 0.2) is 0 Å². The Labute approximate surface area is 137 Å². The van der Waals surface area contributed by atoms with E-state index in [9.17, 15) is 13.2 Å². The molecule has 0 spiro atoms. The molecule has 0 radical (unpaired) electrons. The predicted molar refractivity (Wildman–Crippen MR) is 84.8 cm³/mol. The number of primary sulfonamides is 1. The van der Waals surface area contributed by atoms with Crippen LogP contribution in [0.1, 0.15) is 36.0 Å². The van der Waals surface area contributed by atoms with Gasteiger partial charge < -0.3 is 5.32 Å². The van der Waals surface area contributed by atoms with Gasteiger partial charge in [0.2, 0.25) is 10.0 Å². The molecule has 0 bridgehead atoms. The van der Waals surface area contributed by atoms with Gasteiger partial charge in [-0.25, -0.2) is 13.6 Å². The van der Waals surface area contributed by atoms with Crippen molar-refractivity contribution in [3.05, 3.63) is 27.2 Å². The summed E-state index contributed by atoms with van der Waals surface area (Å²) in [4.78, 5) is 11.9. The third-order valence-electron chi connectivity index (χ3n) is 3.63. The summed E-state index contributed by atoms with van der Waals surface area (Å²) in [6, 6.07) is 2.64. The molecule has 1 amide bonds. The Morgan fingerprint density at radius 2 is 2.10 bits per heavy atom. The number of halogens is 2. The molecule has 5 nitrogen and oxygen atoms in total. The van der Waals surface area contributed by atoms with Crippen LogP contribution >= 0.6 is 27.5 Å². The van der Waals surface area contributed by atoms with Crippen LogP contribution in [0.4, 0.5) is 0 Å². The molecule has 116 valence electrons. The van der Waals surface area contributed by atoms with E-state index >= 15 is 0 Å². The smallest absolute Gasteiger partial charge is 0.251 e. The van der Waals surface area contributed by atoms with Gasteiger partial charge >= 0.3 is 0 Å². The fraction of sp³-hybridized carbons (Fsp3) is 0.462. The monoisotopic (exact) mass is 394 g/mol. The Hall–Kier alpha value is -0.630. The Morgan fingerprint density at radius 3 is 2.62 bits per heavy atom. The summed E-state index contributed by atoms with van der Waals surface area (Å²) in [7, 11) is -3.95. The topological polar surface area (TPSA) is 89.3 Å². The van der Waals surface area contributed by atoms with E-state index in [0.29, 0.717) is 12.5 Å². The van der Waals surface area contributed by atoms with Gasteiger partial charge in [-0.05, 0) is 40.4 Å². The van der Waals surface area contributed by atoms with Gasteiger partial charge in [-0.1, -0.05) is 30.9 Å². The highest BCUT2D eigenvalue weighted by Crippen LogP contribution is 2.31. The number of carbonyl (C=O) groups is 1. The van der Waals surface area contributed by atoms with E-state index in [4.69, 9.17) is 16.7 Å². The van der Waals surface area contributed by atoms with Gasteiger partial charge in [-0.15, -0.1) is 0 Å². The number of hydrogen-bond donors (Lipinski definition) is 2. The van der Waals surface area contributed by atoms with E-state index < -0.39 is 10.0 Å². The maximum atomic E-state index is 12.1. The standard InChI is InChI=1S/C13H16BrClN2O3S/c14-12-10(15)6-9(7-11(12)21(16,19)20)13(18)17-5-4-8-2-1-3-8/h6-8H,1-5H2,(H,17,18)(H2,16,19,20). The van der Waals surface area contributed by atoms with Gasteiger partial charge in [0.25, 0.3) is 5.91 Å². The average Bonchev–Trinajstić information content (AvgIpc) is 2.33. The summed E-state index contributed by atoms with van der Waals surface area (Å²) in [5.74, 6) is 0.340.